The Kier molecular flexibility index (Phi) is 7.32. The van der Waals surface area contributed by atoms with E-state index < -0.39 is 42.0 Å². The largest absolute Gasteiger partial charge is 0.483 e. The summed E-state index contributed by atoms with van der Waals surface area (Å²) in [4.78, 5) is 24.8. The van der Waals surface area contributed by atoms with Crippen molar-refractivity contribution in [2.24, 2.45) is 0 Å². The second kappa shape index (κ2) is 10.2. The van der Waals surface area contributed by atoms with Crippen molar-refractivity contribution in [3.05, 3.63) is 95.3 Å². The first kappa shape index (κ1) is 23.8. The Bertz CT molecular complexity index is 1150. The molecule has 0 aliphatic rings. The lowest BCUT2D eigenvalue weighted by Gasteiger charge is -2.17. The Labute approximate surface area is 187 Å². The van der Waals surface area contributed by atoms with Crippen molar-refractivity contribution in [3.8, 4) is 5.75 Å². The normalized spacial score (nSPS) is 12.0. The summed E-state index contributed by atoms with van der Waals surface area (Å²) in [5.74, 6) is -1.73. The zero-order valence-electron chi connectivity index (χ0n) is 17.4. The molecule has 3 aromatic carbocycles. The topological polar surface area (TPSA) is 67.4 Å². The summed E-state index contributed by atoms with van der Waals surface area (Å²) in [5, 5.41) is 5.00. The van der Waals surface area contributed by atoms with Crippen molar-refractivity contribution in [2.75, 3.05) is 11.9 Å². The number of hydrogen-bond donors (Lipinski definition) is 2. The second-order valence-corrected chi connectivity index (χ2v) is 7.13. The van der Waals surface area contributed by atoms with Gasteiger partial charge in [0.1, 0.15) is 11.6 Å². The molecule has 0 saturated carbocycles. The third kappa shape index (κ3) is 6.31. The molecule has 33 heavy (non-hydrogen) atoms. The molecule has 2 N–H and O–H groups in total. The summed E-state index contributed by atoms with van der Waals surface area (Å²) in [5.41, 5.74) is -0.450. The molecule has 0 aliphatic carbocycles. The molecule has 0 spiro atoms. The second-order valence-electron chi connectivity index (χ2n) is 7.13. The van der Waals surface area contributed by atoms with Gasteiger partial charge in [-0.2, -0.15) is 13.2 Å². The van der Waals surface area contributed by atoms with E-state index in [2.05, 4.69) is 10.6 Å². The average Bonchev–Trinajstić information content (AvgIpc) is 2.79. The van der Waals surface area contributed by atoms with Gasteiger partial charge in [-0.25, -0.2) is 4.39 Å². The summed E-state index contributed by atoms with van der Waals surface area (Å²) in [6, 6.07) is 15.7. The van der Waals surface area contributed by atoms with Crippen LogP contribution in [0.25, 0.3) is 0 Å². The maximum absolute atomic E-state index is 13.7. The number of alkyl halides is 3. The van der Waals surface area contributed by atoms with E-state index in [9.17, 15) is 27.2 Å². The first-order valence-electron chi connectivity index (χ1n) is 9.89. The third-order valence-electron chi connectivity index (χ3n) is 4.70. The third-order valence-corrected chi connectivity index (χ3v) is 4.70. The monoisotopic (exact) mass is 460 g/mol. The highest BCUT2D eigenvalue weighted by Gasteiger charge is 2.30. The van der Waals surface area contributed by atoms with Crippen LogP contribution in [-0.4, -0.2) is 18.4 Å². The fourth-order valence-electron chi connectivity index (χ4n) is 3.01. The zero-order valence-corrected chi connectivity index (χ0v) is 17.4. The number of rotatable bonds is 7. The molecule has 0 bridgehead atoms. The molecule has 1 atom stereocenters. The van der Waals surface area contributed by atoms with Crippen molar-refractivity contribution >= 4 is 17.5 Å². The minimum atomic E-state index is -4.50. The van der Waals surface area contributed by atoms with E-state index in [4.69, 9.17) is 4.74 Å². The van der Waals surface area contributed by atoms with Crippen LogP contribution in [0.2, 0.25) is 0 Å². The van der Waals surface area contributed by atoms with Crippen LogP contribution >= 0.6 is 0 Å². The molecular weight excluding hydrogens is 440 g/mol. The van der Waals surface area contributed by atoms with Crippen LogP contribution in [0, 0.1) is 5.82 Å². The predicted octanol–water partition coefficient (Wildman–Crippen LogP) is 5.35. The first-order valence-corrected chi connectivity index (χ1v) is 9.89. The van der Waals surface area contributed by atoms with Gasteiger partial charge in [-0.3, -0.25) is 9.59 Å². The lowest BCUT2D eigenvalue weighted by Crippen LogP contribution is -2.28. The van der Waals surface area contributed by atoms with Gasteiger partial charge >= 0.3 is 6.18 Å². The fraction of sp³-hybridized carbons (Fsp3) is 0.167. The molecule has 2 amide bonds. The number of carbonyl (C=O) groups is 2. The molecule has 0 aliphatic heterocycles. The number of para-hydroxylation sites is 2. The number of nitrogens with one attached hydrogen (secondary N) is 2. The standard InChI is InChI=1S/C24H20F4N2O3/c1-15(16-7-6-8-17(13-16)24(26,27)28)29-23(32)18-9-2-5-12-21(18)33-14-22(31)30-20-11-4-3-10-19(20)25/h2-13,15H,14H2,1H3,(H,29,32)(H,30,31). The van der Waals surface area contributed by atoms with Crippen molar-refractivity contribution in [2.45, 2.75) is 19.1 Å². The molecule has 0 saturated heterocycles. The molecule has 0 fully saturated rings. The Morgan fingerprint density at radius 2 is 1.67 bits per heavy atom. The van der Waals surface area contributed by atoms with Gasteiger partial charge in [-0.1, -0.05) is 36.4 Å². The number of anilines is 1. The molecule has 3 rings (SSSR count). The number of carbonyl (C=O) groups excluding carboxylic acids is 2. The zero-order chi connectivity index (χ0) is 24.0. The van der Waals surface area contributed by atoms with E-state index in [1.54, 1.807) is 25.1 Å². The highest BCUT2D eigenvalue weighted by atomic mass is 19.4. The predicted molar refractivity (Wildman–Crippen MR) is 114 cm³/mol. The number of amides is 2. The average molecular weight is 460 g/mol. The number of hydrogen-bond acceptors (Lipinski definition) is 3. The van der Waals surface area contributed by atoms with Gasteiger partial charge in [0.2, 0.25) is 0 Å². The summed E-state index contributed by atoms with van der Waals surface area (Å²) in [6.07, 6.45) is -4.50. The summed E-state index contributed by atoms with van der Waals surface area (Å²) in [7, 11) is 0. The SMILES string of the molecule is CC(NC(=O)c1ccccc1OCC(=O)Nc1ccccc1F)c1cccc(C(F)(F)F)c1. The van der Waals surface area contributed by atoms with Crippen LogP contribution in [0.5, 0.6) is 5.75 Å². The van der Waals surface area contributed by atoms with Gasteiger partial charge in [0.15, 0.2) is 6.61 Å². The van der Waals surface area contributed by atoms with E-state index in [1.165, 1.54) is 42.5 Å². The highest BCUT2D eigenvalue weighted by Crippen LogP contribution is 2.31. The van der Waals surface area contributed by atoms with E-state index in [0.29, 0.717) is 0 Å². The summed E-state index contributed by atoms with van der Waals surface area (Å²) < 4.78 is 58.0. The highest BCUT2D eigenvalue weighted by molar-refractivity contribution is 5.97. The van der Waals surface area contributed by atoms with Crippen LogP contribution in [0.4, 0.5) is 23.2 Å². The van der Waals surface area contributed by atoms with Gasteiger partial charge in [0.05, 0.1) is 22.9 Å². The molecule has 1 unspecified atom stereocenters. The minimum Gasteiger partial charge on any atom is -0.483 e. The Balaban J connectivity index is 1.66. The van der Waals surface area contributed by atoms with E-state index in [-0.39, 0.29) is 22.6 Å². The maximum atomic E-state index is 13.7. The van der Waals surface area contributed by atoms with E-state index in [0.717, 1.165) is 12.1 Å². The molecule has 0 heterocycles. The lowest BCUT2D eigenvalue weighted by molar-refractivity contribution is -0.137. The molecule has 0 radical (unpaired) electrons. The van der Waals surface area contributed by atoms with Gasteiger partial charge in [0.25, 0.3) is 11.8 Å². The van der Waals surface area contributed by atoms with Crippen LogP contribution in [-0.2, 0) is 11.0 Å². The molecule has 0 aromatic heterocycles. The molecule has 5 nitrogen and oxygen atoms in total. The first-order chi connectivity index (χ1) is 15.6. The van der Waals surface area contributed by atoms with Gasteiger partial charge in [-0.05, 0) is 48.9 Å². The molecule has 9 heteroatoms. The summed E-state index contributed by atoms with van der Waals surface area (Å²) >= 11 is 0. The van der Waals surface area contributed by atoms with Crippen molar-refractivity contribution in [3.63, 3.8) is 0 Å². The summed E-state index contributed by atoms with van der Waals surface area (Å²) in [6.45, 7) is 1.07. The van der Waals surface area contributed by atoms with E-state index >= 15 is 0 Å². The number of ether oxygens (including phenoxy) is 1. The molecular formula is C24H20F4N2O3. The number of benzene rings is 3. The van der Waals surface area contributed by atoms with Crippen molar-refractivity contribution < 1.29 is 31.9 Å². The Hall–Kier alpha value is -3.88. The fourth-order valence-corrected chi connectivity index (χ4v) is 3.01. The van der Waals surface area contributed by atoms with Crippen molar-refractivity contribution in [1.82, 2.24) is 5.32 Å². The maximum Gasteiger partial charge on any atom is 0.416 e. The Morgan fingerprint density at radius 3 is 2.39 bits per heavy atom. The smallest absolute Gasteiger partial charge is 0.416 e. The lowest BCUT2D eigenvalue weighted by atomic mass is 10.0. The van der Waals surface area contributed by atoms with Crippen LogP contribution in [0.15, 0.2) is 72.8 Å². The van der Waals surface area contributed by atoms with Gasteiger partial charge < -0.3 is 15.4 Å². The quantitative estimate of drug-likeness (QED) is 0.467. The minimum absolute atomic E-state index is 0.00737. The molecule has 172 valence electrons. The molecule has 3 aromatic rings. The van der Waals surface area contributed by atoms with Gasteiger partial charge in [-0.15, -0.1) is 0 Å². The van der Waals surface area contributed by atoms with Crippen LogP contribution in [0.1, 0.15) is 34.5 Å². The van der Waals surface area contributed by atoms with Gasteiger partial charge in [0, 0.05) is 0 Å². The number of halogens is 4. The van der Waals surface area contributed by atoms with Crippen LogP contribution < -0.4 is 15.4 Å². The Morgan fingerprint density at radius 1 is 0.970 bits per heavy atom. The van der Waals surface area contributed by atoms with Crippen molar-refractivity contribution in [1.29, 1.82) is 0 Å². The van der Waals surface area contributed by atoms with E-state index in [1.807, 2.05) is 0 Å². The van der Waals surface area contributed by atoms with Crippen LogP contribution in [0.3, 0.4) is 0 Å².